The Bertz CT molecular complexity index is 1090. The van der Waals surface area contributed by atoms with E-state index in [2.05, 4.69) is 10.4 Å². The highest BCUT2D eigenvalue weighted by molar-refractivity contribution is 7.91. The van der Waals surface area contributed by atoms with Crippen LogP contribution in [0.25, 0.3) is 0 Å². The summed E-state index contributed by atoms with van der Waals surface area (Å²) in [7, 11) is -0.496. The summed E-state index contributed by atoms with van der Waals surface area (Å²) in [6, 6.07) is 10.7. The number of nitrogens with zero attached hydrogens (tertiary/aromatic N) is 3. The predicted octanol–water partition coefficient (Wildman–Crippen LogP) is 2.83. The van der Waals surface area contributed by atoms with Crippen LogP contribution in [0.15, 0.2) is 53.0 Å². The van der Waals surface area contributed by atoms with Crippen molar-refractivity contribution in [2.45, 2.75) is 17.3 Å². The van der Waals surface area contributed by atoms with Gasteiger partial charge in [-0.05, 0) is 23.8 Å². The van der Waals surface area contributed by atoms with E-state index in [9.17, 15) is 13.2 Å². The molecule has 0 spiro atoms. The van der Waals surface area contributed by atoms with Crippen LogP contribution in [0.5, 0.6) is 0 Å². The van der Waals surface area contributed by atoms with Crippen LogP contribution in [-0.2, 0) is 23.1 Å². The third-order valence-electron chi connectivity index (χ3n) is 3.98. The Hall–Kier alpha value is -2.20. The maximum atomic E-state index is 12.4. The molecule has 3 rings (SSSR count). The molecule has 1 aromatic carbocycles. The third-order valence-corrected chi connectivity index (χ3v) is 7.72. The molecule has 10 heteroatoms. The average molecular weight is 439 g/mol. The minimum absolute atomic E-state index is 0.238. The van der Waals surface area contributed by atoms with Gasteiger partial charge < -0.3 is 5.32 Å². The normalized spacial score (nSPS) is 11.7. The van der Waals surface area contributed by atoms with Crippen LogP contribution < -0.4 is 5.32 Å². The predicted molar refractivity (Wildman–Crippen MR) is 109 cm³/mol. The number of halogens is 1. The molecule has 2 aromatic heterocycles. The second kappa shape index (κ2) is 8.44. The molecule has 0 aliphatic heterocycles. The molecule has 0 fully saturated rings. The zero-order chi connectivity index (χ0) is 20.3. The van der Waals surface area contributed by atoms with Crippen molar-refractivity contribution >= 4 is 38.9 Å². The first-order valence-electron chi connectivity index (χ1n) is 8.32. The number of amides is 1. The van der Waals surface area contributed by atoms with Crippen molar-refractivity contribution in [1.29, 1.82) is 0 Å². The summed E-state index contributed by atoms with van der Waals surface area (Å²) >= 11 is 7.28. The van der Waals surface area contributed by atoms with Crippen LogP contribution >= 0.6 is 22.9 Å². The van der Waals surface area contributed by atoms with E-state index in [4.69, 9.17) is 11.6 Å². The molecule has 0 bridgehead atoms. The van der Waals surface area contributed by atoms with Gasteiger partial charge in [0.2, 0.25) is 0 Å². The van der Waals surface area contributed by atoms with Crippen molar-refractivity contribution in [2.75, 3.05) is 14.1 Å². The molecule has 3 aromatic rings. The Balaban J connectivity index is 1.61. The van der Waals surface area contributed by atoms with Crippen molar-refractivity contribution in [3.63, 3.8) is 0 Å². The fraction of sp³-hybridized carbons (Fsp3) is 0.222. The van der Waals surface area contributed by atoms with Crippen LogP contribution in [0.4, 0.5) is 0 Å². The molecule has 7 nitrogen and oxygen atoms in total. The molecule has 0 atom stereocenters. The summed E-state index contributed by atoms with van der Waals surface area (Å²) in [6.07, 6.45) is 3.14. The van der Waals surface area contributed by atoms with Gasteiger partial charge in [0.25, 0.3) is 15.9 Å². The lowest BCUT2D eigenvalue weighted by atomic mass is 10.2. The van der Waals surface area contributed by atoms with Gasteiger partial charge in [0.1, 0.15) is 4.21 Å². The minimum atomic E-state index is -3.46. The zero-order valence-corrected chi connectivity index (χ0v) is 17.7. The third kappa shape index (κ3) is 4.61. The number of carbonyl (C=O) groups excluding carboxylic acids is 1. The largest absolute Gasteiger partial charge is 0.347 e. The fourth-order valence-corrected chi connectivity index (χ4v) is 5.07. The average Bonchev–Trinajstić information content (AvgIpc) is 3.31. The molecular formula is C18H19ClN4O3S2. The van der Waals surface area contributed by atoms with E-state index in [-0.39, 0.29) is 16.7 Å². The molecule has 148 valence electrons. The molecule has 0 radical (unpaired) electrons. The van der Waals surface area contributed by atoms with Gasteiger partial charge in [-0.1, -0.05) is 29.8 Å². The first-order valence-corrected chi connectivity index (χ1v) is 11.0. The van der Waals surface area contributed by atoms with E-state index in [1.165, 1.54) is 20.3 Å². The number of sulfonamides is 1. The summed E-state index contributed by atoms with van der Waals surface area (Å²) in [5.74, 6) is -0.282. The quantitative estimate of drug-likeness (QED) is 0.614. The van der Waals surface area contributed by atoms with Gasteiger partial charge >= 0.3 is 0 Å². The van der Waals surface area contributed by atoms with E-state index in [1.54, 1.807) is 29.1 Å². The van der Waals surface area contributed by atoms with E-state index < -0.39 is 10.0 Å². The second-order valence-electron chi connectivity index (χ2n) is 6.21. The maximum absolute atomic E-state index is 12.4. The Kier molecular flexibility index (Phi) is 6.19. The number of thiophene rings is 1. The summed E-state index contributed by atoms with van der Waals surface area (Å²) in [5.41, 5.74) is 1.33. The Morgan fingerprint density at radius 2 is 2.00 bits per heavy atom. The number of rotatable bonds is 7. The lowest BCUT2D eigenvalue weighted by Gasteiger charge is -2.08. The molecule has 0 aliphatic carbocycles. The standard InChI is InChI=1S/C18H19ClN4O3S2/c1-22(2)28(25,26)17-8-7-15(27-17)10-20-18(24)14-9-21-23(12-14)11-13-5-3-4-6-16(13)19/h3-9,12H,10-11H2,1-2H3,(H,20,24). The van der Waals surface area contributed by atoms with E-state index in [0.717, 1.165) is 26.1 Å². The monoisotopic (exact) mass is 438 g/mol. The minimum Gasteiger partial charge on any atom is -0.347 e. The first kappa shape index (κ1) is 20.5. The number of nitrogens with one attached hydrogen (secondary N) is 1. The Morgan fingerprint density at radius 1 is 1.25 bits per heavy atom. The summed E-state index contributed by atoms with van der Waals surface area (Å²) in [5, 5.41) is 7.62. The Labute approximate surface area is 172 Å². The van der Waals surface area contributed by atoms with Crippen molar-refractivity contribution in [1.82, 2.24) is 19.4 Å². The number of carbonyl (C=O) groups is 1. The molecule has 1 amide bonds. The van der Waals surface area contributed by atoms with E-state index >= 15 is 0 Å². The lowest BCUT2D eigenvalue weighted by molar-refractivity contribution is 0.0951. The summed E-state index contributed by atoms with van der Waals surface area (Å²) in [4.78, 5) is 13.1. The molecule has 28 heavy (non-hydrogen) atoms. The van der Waals surface area contributed by atoms with Crippen LogP contribution in [0.2, 0.25) is 5.02 Å². The molecule has 2 heterocycles. The number of hydrogen-bond donors (Lipinski definition) is 1. The van der Waals surface area contributed by atoms with Crippen LogP contribution in [0, 0.1) is 0 Å². The van der Waals surface area contributed by atoms with Gasteiger partial charge in [-0.2, -0.15) is 5.10 Å². The van der Waals surface area contributed by atoms with Crippen molar-refractivity contribution in [3.8, 4) is 0 Å². The molecule has 0 saturated carbocycles. The molecule has 0 saturated heterocycles. The van der Waals surface area contributed by atoms with Gasteiger partial charge in [0.15, 0.2) is 0 Å². The SMILES string of the molecule is CN(C)S(=O)(=O)c1ccc(CNC(=O)c2cnn(Cc3ccccc3Cl)c2)s1. The number of hydrogen-bond acceptors (Lipinski definition) is 5. The van der Waals surface area contributed by atoms with Crippen molar-refractivity contribution in [3.05, 3.63) is 69.8 Å². The maximum Gasteiger partial charge on any atom is 0.254 e. The molecule has 0 aliphatic rings. The van der Waals surface area contributed by atoms with Gasteiger partial charge in [0, 0.05) is 30.2 Å². The molecule has 0 unspecified atom stereocenters. The van der Waals surface area contributed by atoms with Gasteiger partial charge in [-0.3, -0.25) is 9.48 Å². The first-order chi connectivity index (χ1) is 13.3. The van der Waals surface area contributed by atoms with Crippen LogP contribution in [-0.4, -0.2) is 42.5 Å². The number of aromatic nitrogens is 2. The lowest BCUT2D eigenvalue weighted by Crippen LogP contribution is -2.22. The second-order valence-corrected chi connectivity index (χ2v) is 10.2. The molecular weight excluding hydrogens is 420 g/mol. The smallest absolute Gasteiger partial charge is 0.254 e. The summed E-state index contributed by atoms with van der Waals surface area (Å²) < 4.78 is 27.3. The van der Waals surface area contributed by atoms with Crippen molar-refractivity contribution in [2.24, 2.45) is 0 Å². The molecule has 1 N–H and O–H groups in total. The highest BCUT2D eigenvalue weighted by Gasteiger charge is 2.19. The van der Waals surface area contributed by atoms with Crippen LogP contribution in [0.3, 0.4) is 0 Å². The van der Waals surface area contributed by atoms with Crippen molar-refractivity contribution < 1.29 is 13.2 Å². The van der Waals surface area contributed by atoms with Gasteiger partial charge in [-0.25, -0.2) is 12.7 Å². The highest BCUT2D eigenvalue weighted by atomic mass is 35.5. The van der Waals surface area contributed by atoms with E-state index in [0.29, 0.717) is 17.1 Å². The van der Waals surface area contributed by atoms with E-state index in [1.807, 2.05) is 18.2 Å². The van der Waals surface area contributed by atoms with Gasteiger partial charge in [-0.15, -0.1) is 11.3 Å². The van der Waals surface area contributed by atoms with Crippen LogP contribution in [0.1, 0.15) is 20.8 Å². The topological polar surface area (TPSA) is 84.3 Å². The Morgan fingerprint density at radius 3 is 2.71 bits per heavy atom. The zero-order valence-electron chi connectivity index (χ0n) is 15.3. The summed E-state index contributed by atoms with van der Waals surface area (Å²) in [6.45, 7) is 0.700. The highest BCUT2D eigenvalue weighted by Crippen LogP contribution is 2.23. The number of benzene rings is 1. The fourth-order valence-electron chi connectivity index (χ4n) is 2.41. The van der Waals surface area contributed by atoms with Gasteiger partial charge in [0.05, 0.1) is 24.8 Å².